The molecule has 0 heterocycles. The van der Waals surface area contributed by atoms with E-state index in [4.69, 9.17) is 34.8 Å². The Bertz CT molecular complexity index is 1500. The summed E-state index contributed by atoms with van der Waals surface area (Å²) in [7, 11) is -4.21. The smallest absolute Gasteiger partial charge is 0.264 e. The maximum atomic E-state index is 14.2. The number of amides is 2. The Morgan fingerprint density at radius 3 is 2.22 bits per heavy atom. The second-order valence-electron chi connectivity index (χ2n) is 9.68. The molecule has 0 unspecified atom stereocenters. The highest BCUT2D eigenvalue weighted by atomic mass is 35.5. The Balaban J connectivity index is 2.12. The van der Waals surface area contributed by atoms with Crippen molar-refractivity contribution in [2.24, 2.45) is 0 Å². The van der Waals surface area contributed by atoms with Crippen LogP contribution in [0.1, 0.15) is 43.4 Å². The van der Waals surface area contributed by atoms with Crippen molar-refractivity contribution in [1.29, 1.82) is 0 Å². The molecule has 2 amide bonds. The normalized spacial score (nSPS) is 12.1. The SMILES string of the molecule is CCCNC(=O)[C@@H](CC)N(Cc1ccc(Cl)cc1Cl)C(=O)CN(c1cccc(Cl)c1C)S(=O)(=O)c1ccc(C)cc1. The topological polar surface area (TPSA) is 86.8 Å². The van der Waals surface area contributed by atoms with E-state index in [1.54, 1.807) is 62.4 Å². The number of nitrogens with zero attached hydrogens (tertiary/aromatic N) is 2. The monoisotopic (exact) mass is 637 g/mol. The van der Waals surface area contributed by atoms with E-state index in [-0.39, 0.29) is 23.0 Å². The molecule has 0 radical (unpaired) electrons. The number of hydrogen-bond acceptors (Lipinski definition) is 4. The fourth-order valence-corrected chi connectivity index (χ4v) is 6.45. The lowest BCUT2D eigenvalue weighted by Crippen LogP contribution is -2.52. The standard InChI is InChI=1S/C30H34Cl3N3O4S/c1-5-16-34-30(38)27(6-2)35(18-22-12-13-23(31)17-26(22)33)29(37)19-36(28-9-7-8-25(32)21(28)4)41(39,40)24-14-10-20(3)11-15-24/h7-15,17,27H,5-6,16,18-19H2,1-4H3,(H,34,38)/t27-/m1/s1. The second kappa shape index (κ2) is 14.4. The lowest BCUT2D eigenvalue weighted by atomic mass is 10.1. The largest absolute Gasteiger partial charge is 0.354 e. The minimum absolute atomic E-state index is 0.0234. The van der Waals surface area contributed by atoms with Crippen LogP contribution in [0.3, 0.4) is 0 Å². The predicted molar refractivity (Wildman–Crippen MR) is 166 cm³/mol. The van der Waals surface area contributed by atoms with Gasteiger partial charge in [-0.05, 0) is 74.2 Å². The quantitative estimate of drug-likeness (QED) is 0.237. The van der Waals surface area contributed by atoms with Crippen LogP contribution in [0.25, 0.3) is 0 Å². The molecule has 0 fully saturated rings. The van der Waals surface area contributed by atoms with E-state index < -0.39 is 28.5 Å². The van der Waals surface area contributed by atoms with Gasteiger partial charge in [0.1, 0.15) is 12.6 Å². The summed E-state index contributed by atoms with van der Waals surface area (Å²) in [6.07, 6.45) is 1.02. The summed E-state index contributed by atoms with van der Waals surface area (Å²) in [6.45, 7) is 7.11. The van der Waals surface area contributed by atoms with Gasteiger partial charge in [0.05, 0.1) is 10.6 Å². The first-order valence-corrected chi connectivity index (χ1v) is 15.8. The first kappa shape index (κ1) is 32.7. The lowest BCUT2D eigenvalue weighted by molar-refractivity contribution is -0.140. The van der Waals surface area contributed by atoms with Gasteiger partial charge in [-0.3, -0.25) is 13.9 Å². The first-order valence-electron chi connectivity index (χ1n) is 13.3. The van der Waals surface area contributed by atoms with E-state index in [2.05, 4.69) is 5.32 Å². The van der Waals surface area contributed by atoms with Gasteiger partial charge in [0.25, 0.3) is 10.0 Å². The van der Waals surface area contributed by atoms with Crippen LogP contribution < -0.4 is 9.62 Å². The number of hydrogen-bond donors (Lipinski definition) is 1. The van der Waals surface area contributed by atoms with E-state index in [1.807, 2.05) is 13.8 Å². The molecule has 3 rings (SSSR count). The number of anilines is 1. The highest BCUT2D eigenvalue weighted by Crippen LogP contribution is 2.32. The molecule has 41 heavy (non-hydrogen) atoms. The fourth-order valence-electron chi connectivity index (χ4n) is 4.34. The van der Waals surface area contributed by atoms with Crippen LogP contribution in [0, 0.1) is 13.8 Å². The number of rotatable bonds is 12. The van der Waals surface area contributed by atoms with Crippen LogP contribution in [-0.2, 0) is 26.2 Å². The number of sulfonamides is 1. The zero-order valence-corrected chi connectivity index (χ0v) is 26.5. The third-order valence-electron chi connectivity index (χ3n) is 6.69. The summed E-state index contributed by atoms with van der Waals surface area (Å²) in [5, 5.41) is 3.97. The van der Waals surface area contributed by atoms with Crippen LogP contribution in [0.5, 0.6) is 0 Å². The van der Waals surface area contributed by atoms with Crippen molar-refractivity contribution in [3.63, 3.8) is 0 Å². The van der Waals surface area contributed by atoms with Crippen molar-refractivity contribution in [3.8, 4) is 0 Å². The molecule has 0 aliphatic heterocycles. The van der Waals surface area contributed by atoms with Crippen molar-refractivity contribution >= 4 is 62.3 Å². The summed E-state index contributed by atoms with van der Waals surface area (Å²) < 4.78 is 29.1. The summed E-state index contributed by atoms with van der Waals surface area (Å²) >= 11 is 18.9. The van der Waals surface area contributed by atoms with Crippen molar-refractivity contribution in [2.45, 2.75) is 58.0 Å². The number of aryl methyl sites for hydroxylation is 1. The van der Waals surface area contributed by atoms with E-state index in [0.29, 0.717) is 39.2 Å². The zero-order valence-electron chi connectivity index (χ0n) is 23.5. The highest BCUT2D eigenvalue weighted by Gasteiger charge is 2.34. The fraction of sp³-hybridized carbons (Fsp3) is 0.333. The van der Waals surface area contributed by atoms with Gasteiger partial charge >= 0.3 is 0 Å². The summed E-state index contributed by atoms with van der Waals surface area (Å²) in [4.78, 5) is 28.8. The molecular weight excluding hydrogens is 605 g/mol. The molecule has 0 saturated carbocycles. The van der Waals surface area contributed by atoms with Gasteiger partial charge in [0.2, 0.25) is 11.8 Å². The minimum atomic E-state index is -4.21. The molecule has 3 aromatic carbocycles. The molecule has 0 saturated heterocycles. The van der Waals surface area contributed by atoms with Gasteiger partial charge in [-0.15, -0.1) is 0 Å². The van der Waals surface area contributed by atoms with Crippen LogP contribution in [0.2, 0.25) is 15.1 Å². The molecule has 3 aromatic rings. The summed E-state index contributed by atoms with van der Waals surface area (Å²) in [5.41, 5.74) is 2.22. The van der Waals surface area contributed by atoms with Gasteiger partial charge in [0.15, 0.2) is 0 Å². The number of benzene rings is 3. The maximum absolute atomic E-state index is 14.2. The number of carbonyl (C=O) groups excluding carboxylic acids is 2. The van der Waals surface area contributed by atoms with Crippen molar-refractivity contribution in [2.75, 3.05) is 17.4 Å². The van der Waals surface area contributed by atoms with E-state index in [1.165, 1.54) is 17.0 Å². The first-order chi connectivity index (χ1) is 19.4. The minimum Gasteiger partial charge on any atom is -0.354 e. The highest BCUT2D eigenvalue weighted by molar-refractivity contribution is 7.92. The molecule has 1 atom stereocenters. The third kappa shape index (κ3) is 7.95. The second-order valence-corrected chi connectivity index (χ2v) is 12.8. The van der Waals surface area contributed by atoms with Gasteiger partial charge < -0.3 is 10.2 Å². The Morgan fingerprint density at radius 1 is 0.927 bits per heavy atom. The lowest BCUT2D eigenvalue weighted by Gasteiger charge is -2.33. The number of nitrogens with one attached hydrogen (secondary N) is 1. The van der Waals surface area contributed by atoms with Gasteiger partial charge in [-0.25, -0.2) is 8.42 Å². The molecular formula is C30H34Cl3N3O4S. The molecule has 0 aliphatic carbocycles. The Labute approximate surface area is 257 Å². The molecule has 0 bridgehead atoms. The van der Waals surface area contributed by atoms with Crippen molar-refractivity contribution < 1.29 is 18.0 Å². The van der Waals surface area contributed by atoms with Crippen molar-refractivity contribution in [3.05, 3.63) is 92.4 Å². The summed E-state index contributed by atoms with van der Waals surface area (Å²) in [6, 6.07) is 15.3. The predicted octanol–water partition coefficient (Wildman–Crippen LogP) is 6.79. The van der Waals surface area contributed by atoms with Gasteiger partial charge in [-0.2, -0.15) is 0 Å². The van der Waals surface area contributed by atoms with Crippen molar-refractivity contribution in [1.82, 2.24) is 10.2 Å². The Kier molecular flexibility index (Phi) is 11.5. The molecule has 7 nitrogen and oxygen atoms in total. The van der Waals surface area contributed by atoms with Crippen LogP contribution >= 0.6 is 34.8 Å². The average molecular weight is 639 g/mol. The van der Waals surface area contributed by atoms with Crippen LogP contribution in [0.15, 0.2) is 65.6 Å². The Morgan fingerprint density at radius 2 is 1.61 bits per heavy atom. The van der Waals surface area contributed by atoms with E-state index in [9.17, 15) is 18.0 Å². The molecule has 0 aromatic heterocycles. The third-order valence-corrected chi connectivity index (χ3v) is 9.46. The maximum Gasteiger partial charge on any atom is 0.264 e. The molecule has 220 valence electrons. The van der Waals surface area contributed by atoms with Gasteiger partial charge in [-0.1, -0.05) is 78.5 Å². The van der Waals surface area contributed by atoms with Gasteiger partial charge in [0, 0.05) is 28.2 Å². The number of halogens is 3. The summed E-state index contributed by atoms with van der Waals surface area (Å²) in [5.74, 6) is -0.913. The molecule has 11 heteroatoms. The van der Waals surface area contributed by atoms with Crippen LogP contribution in [-0.4, -0.2) is 44.3 Å². The zero-order chi connectivity index (χ0) is 30.3. The van der Waals surface area contributed by atoms with E-state index in [0.717, 1.165) is 16.3 Å². The average Bonchev–Trinajstić information content (AvgIpc) is 2.93. The molecule has 0 aliphatic rings. The van der Waals surface area contributed by atoms with E-state index >= 15 is 0 Å². The molecule has 0 spiro atoms. The van der Waals surface area contributed by atoms with Crippen LogP contribution in [0.4, 0.5) is 5.69 Å². The number of carbonyl (C=O) groups is 2. The Hall–Kier alpha value is -2.78. The molecule has 1 N–H and O–H groups in total.